The van der Waals surface area contributed by atoms with E-state index in [2.05, 4.69) is 12.2 Å². The number of hydrogen-bond acceptors (Lipinski definition) is 2. The number of rotatable bonds is 3. The van der Waals surface area contributed by atoms with E-state index in [1.54, 1.807) is 0 Å². The topological polar surface area (TPSA) is 21.3 Å². The molecule has 0 aromatic rings. The molecule has 16 heavy (non-hydrogen) atoms. The molecule has 2 saturated heterocycles. The standard InChI is InChI=1S/C14H25NO/c1-2-10-4-3-5-11(8-10)15-13-9-12-6-7-14(13)16-12/h10-15H,2-9H2,1H3. The molecule has 2 bridgehead atoms. The third kappa shape index (κ3) is 2.14. The molecular weight excluding hydrogens is 198 g/mol. The van der Waals surface area contributed by atoms with Crippen LogP contribution < -0.4 is 5.32 Å². The third-order valence-corrected chi connectivity index (χ3v) is 4.92. The fraction of sp³-hybridized carbons (Fsp3) is 1.00. The van der Waals surface area contributed by atoms with Crippen molar-refractivity contribution < 1.29 is 4.74 Å². The summed E-state index contributed by atoms with van der Waals surface area (Å²) in [5.74, 6) is 0.978. The molecule has 2 heterocycles. The molecule has 3 rings (SSSR count). The average Bonchev–Trinajstić information content (AvgIpc) is 2.91. The quantitative estimate of drug-likeness (QED) is 0.794. The van der Waals surface area contributed by atoms with Crippen molar-refractivity contribution in [2.75, 3.05) is 0 Å². The molecule has 0 aromatic carbocycles. The van der Waals surface area contributed by atoms with Crippen molar-refractivity contribution in [1.82, 2.24) is 5.32 Å². The van der Waals surface area contributed by atoms with Gasteiger partial charge >= 0.3 is 0 Å². The SMILES string of the molecule is CCC1CCCC(NC2CC3CCC2O3)C1. The zero-order valence-electron chi connectivity index (χ0n) is 10.5. The number of fused-ring (bicyclic) bond motifs is 2. The third-order valence-electron chi connectivity index (χ3n) is 4.92. The molecule has 2 heteroatoms. The van der Waals surface area contributed by atoms with Crippen molar-refractivity contribution in [1.29, 1.82) is 0 Å². The summed E-state index contributed by atoms with van der Waals surface area (Å²) < 4.78 is 5.92. The molecule has 1 saturated carbocycles. The Balaban J connectivity index is 1.51. The highest BCUT2D eigenvalue weighted by Gasteiger charge is 2.41. The molecule has 0 spiro atoms. The predicted octanol–water partition coefficient (Wildman–Crippen LogP) is 2.86. The monoisotopic (exact) mass is 223 g/mol. The van der Waals surface area contributed by atoms with Crippen LogP contribution in [0.15, 0.2) is 0 Å². The Morgan fingerprint density at radius 2 is 2.06 bits per heavy atom. The van der Waals surface area contributed by atoms with Crippen LogP contribution in [0.1, 0.15) is 58.3 Å². The van der Waals surface area contributed by atoms with Crippen LogP contribution in [-0.4, -0.2) is 24.3 Å². The van der Waals surface area contributed by atoms with Crippen molar-refractivity contribution in [3.8, 4) is 0 Å². The molecule has 1 aliphatic carbocycles. The van der Waals surface area contributed by atoms with E-state index in [0.717, 1.165) is 12.0 Å². The lowest BCUT2D eigenvalue weighted by Crippen LogP contribution is -2.45. The van der Waals surface area contributed by atoms with Gasteiger partial charge in [-0.1, -0.05) is 26.2 Å². The first-order chi connectivity index (χ1) is 7.85. The molecule has 5 unspecified atom stereocenters. The maximum absolute atomic E-state index is 5.92. The van der Waals surface area contributed by atoms with E-state index < -0.39 is 0 Å². The van der Waals surface area contributed by atoms with Crippen molar-refractivity contribution >= 4 is 0 Å². The van der Waals surface area contributed by atoms with Crippen LogP contribution in [-0.2, 0) is 4.74 Å². The van der Waals surface area contributed by atoms with Gasteiger partial charge in [-0.3, -0.25) is 0 Å². The summed E-state index contributed by atoms with van der Waals surface area (Å²) in [5, 5.41) is 3.89. The fourth-order valence-electron chi connectivity index (χ4n) is 3.93. The molecular formula is C14H25NO. The van der Waals surface area contributed by atoms with E-state index in [9.17, 15) is 0 Å². The molecule has 92 valence electrons. The van der Waals surface area contributed by atoms with Crippen LogP contribution in [0.5, 0.6) is 0 Å². The molecule has 3 fully saturated rings. The van der Waals surface area contributed by atoms with Crippen LogP contribution in [0.3, 0.4) is 0 Å². The first kappa shape index (κ1) is 11.0. The van der Waals surface area contributed by atoms with Gasteiger partial charge in [0.25, 0.3) is 0 Å². The second-order valence-corrected chi connectivity index (χ2v) is 6.02. The summed E-state index contributed by atoms with van der Waals surface area (Å²) >= 11 is 0. The van der Waals surface area contributed by atoms with Gasteiger partial charge < -0.3 is 10.1 Å². The summed E-state index contributed by atoms with van der Waals surface area (Å²) in [7, 11) is 0. The fourth-order valence-corrected chi connectivity index (χ4v) is 3.93. The maximum Gasteiger partial charge on any atom is 0.0733 e. The first-order valence-corrected chi connectivity index (χ1v) is 7.26. The average molecular weight is 223 g/mol. The minimum atomic E-state index is 0.548. The lowest BCUT2D eigenvalue weighted by atomic mass is 9.83. The Kier molecular flexibility index (Phi) is 3.21. The van der Waals surface area contributed by atoms with Gasteiger partial charge in [0.2, 0.25) is 0 Å². The van der Waals surface area contributed by atoms with Crippen LogP contribution in [0.25, 0.3) is 0 Å². The van der Waals surface area contributed by atoms with E-state index in [1.807, 2.05) is 0 Å². The highest BCUT2D eigenvalue weighted by Crippen LogP contribution is 2.36. The molecule has 5 atom stereocenters. The van der Waals surface area contributed by atoms with E-state index in [4.69, 9.17) is 4.74 Å². The van der Waals surface area contributed by atoms with E-state index >= 15 is 0 Å². The van der Waals surface area contributed by atoms with E-state index in [-0.39, 0.29) is 0 Å². The minimum absolute atomic E-state index is 0.548. The molecule has 1 N–H and O–H groups in total. The van der Waals surface area contributed by atoms with E-state index in [1.165, 1.54) is 51.4 Å². The number of hydrogen-bond donors (Lipinski definition) is 1. The summed E-state index contributed by atoms with van der Waals surface area (Å²) in [4.78, 5) is 0. The smallest absolute Gasteiger partial charge is 0.0733 e. The lowest BCUT2D eigenvalue weighted by molar-refractivity contribution is 0.0942. The Morgan fingerprint density at radius 3 is 2.75 bits per heavy atom. The summed E-state index contributed by atoms with van der Waals surface area (Å²) in [6.45, 7) is 2.34. The van der Waals surface area contributed by atoms with Crippen LogP contribution in [0, 0.1) is 5.92 Å². The molecule has 3 aliphatic rings. The van der Waals surface area contributed by atoms with E-state index in [0.29, 0.717) is 18.2 Å². The second-order valence-electron chi connectivity index (χ2n) is 6.02. The van der Waals surface area contributed by atoms with Crippen LogP contribution in [0.4, 0.5) is 0 Å². The van der Waals surface area contributed by atoms with Crippen molar-refractivity contribution in [3.05, 3.63) is 0 Å². The zero-order chi connectivity index (χ0) is 11.0. The maximum atomic E-state index is 5.92. The Bertz CT molecular complexity index is 243. The highest BCUT2D eigenvalue weighted by molar-refractivity contribution is 4.95. The van der Waals surface area contributed by atoms with Gasteiger partial charge in [0.1, 0.15) is 0 Å². The largest absolute Gasteiger partial charge is 0.373 e. The zero-order valence-corrected chi connectivity index (χ0v) is 10.5. The van der Waals surface area contributed by atoms with Crippen LogP contribution >= 0.6 is 0 Å². The molecule has 0 radical (unpaired) electrons. The van der Waals surface area contributed by atoms with Crippen molar-refractivity contribution in [3.63, 3.8) is 0 Å². The summed E-state index contributed by atoms with van der Waals surface area (Å²) in [5.41, 5.74) is 0. The minimum Gasteiger partial charge on any atom is -0.373 e. The molecule has 2 nitrogen and oxygen atoms in total. The normalized spacial score (nSPS) is 47.4. The van der Waals surface area contributed by atoms with Gasteiger partial charge in [-0.15, -0.1) is 0 Å². The van der Waals surface area contributed by atoms with Gasteiger partial charge in [-0.25, -0.2) is 0 Å². The van der Waals surface area contributed by atoms with Gasteiger partial charge in [0, 0.05) is 12.1 Å². The van der Waals surface area contributed by atoms with Gasteiger partial charge in [0.15, 0.2) is 0 Å². The summed E-state index contributed by atoms with van der Waals surface area (Å²) in [6.07, 6.45) is 12.1. The Morgan fingerprint density at radius 1 is 1.12 bits per heavy atom. The number of ether oxygens (including phenoxy) is 1. The van der Waals surface area contributed by atoms with Crippen molar-refractivity contribution in [2.45, 2.75) is 82.6 Å². The van der Waals surface area contributed by atoms with Gasteiger partial charge in [-0.05, 0) is 38.0 Å². The highest BCUT2D eigenvalue weighted by atomic mass is 16.5. The molecule has 2 aliphatic heterocycles. The van der Waals surface area contributed by atoms with Gasteiger partial charge in [-0.2, -0.15) is 0 Å². The van der Waals surface area contributed by atoms with Gasteiger partial charge in [0.05, 0.1) is 12.2 Å². The molecule has 0 amide bonds. The Hall–Kier alpha value is -0.0800. The second kappa shape index (κ2) is 4.66. The van der Waals surface area contributed by atoms with Crippen molar-refractivity contribution in [2.24, 2.45) is 5.92 Å². The Labute approximate surface area is 99.1 Å². The predicted molar refractivity (Wildman–Crippen MR) is 65.5 cm³/mol. The first-order valence-electron chi connectivity index (χ1n) is 7.26. The summed E-state index contributed by atoms with van der Waals surface area (Å²) in [6, 6.07) is 1.46. The molecule has 0 aromatic heterocycles. The lowest BCUT2D eigenvalue weighted by Gasteiger charge is -2.33. The number of nitrogens with one attached hydrogen (secondary N) is 1. The van der Waals surface area contributed by atoms with Crippen LogP contribution in [0.2, 0.25) is 0 Å².